The van der Waals surface area contributed by atoms with Gasteiger partial charge in [-0.05, 0) is 56.4 Å². The first kappa shape index (κ1) is 28.0. The maximum atomic E-state index is 13.6. The van der Waals surface area contributed by atoms with Gasteiger partial charge in [-0.15, -0.1) is 12.4 Å². The summed E-state index contributed by atoms with van der Waals surface area (Å²) in [6.45, 7) is 11.2. The molecule has 0 saturated heterocycles. The van der Waals surface area contributed by atoms with Crippen molar-refractivity contribution in [2.45, 2.75) is 32.6 Å². The number of fused-ring (bicyclic) bond motifs is 1. The third-order valence-electron chi connectivity index (χ3n) is 5.49. The molecule has 1 aromatic heterocycles. The van der Waals surface area contributed by atoms with Gasteiger partial charge >= 0.3 is 0 Å². The molecule has 0 aliphatic carbocycles. The molecule has 186 valence electrons. The number of anilines is 1. The van der Waals surface area contributed by atoms with E-state index in [1.807, 2.05) is 25.1 Å². The molecule has 0 radical (unpaired) electrons. The van der Waals surface area contributed by atoms with Crippen molar-refractivity contribution >= 4 is 54.8 Å². The number of carbonyl (C=O) groups is 1. The number of halogens is 1. The van der Waals surface area contributed by atoms with E-state index in [4.69, 9.17) is 9.72 Å². The van der Waals surface area contributed by atoms with Crippen LogP contribution in [0.1, 0.15) is 38.1 Å². The van der Waals surface area contributed by atoms with Crippen molar-refractivity contribution in [1.29, 1.82) is 0 Å². The monoisotopic (exact) mass is 525 g/mol. The topological polar surface area (TPSA) is 79.8 Å². The number of carbonyl (C=O) groups excluding carboxylic acids is 1. The summed E-state index contributed by atoms with van der Waals surface area (Å²) in [5.74, 6) is 0.481. The maximum absolute atomic E-state index is 13.6. The Morgan fingerprint density at radius 2 is 1.76 bits per heavy atom. The second kappa shape index (κ2) is 12.5. The molecule has 0 aliphatic rings. The zero-order valence-corrected chi connectivity index (χ0v) is 22.4. The van der Waals surface area contributed by atoms with Crippen LogP contribution in [-0.4, -0.2) is 62.7 Å². The zero-order valence-electron chi connectivity index (χ0n) is 20.0. The Hall–Kier alpha value is -2.20. The van der Waals surface area contributed by atoms with Crippen LogP contribution in [0.25, 0.3) is 10.2 Å². The standard InChI is InChI=1S/C24H31N3O4S2.ClH/c1-5-26(6-2)14-15-27(23(28)18-10-9-11-20(16-18)33(29,30)8-4)24-25-21-13-12-19(31-7-3)17-22(21)32-24;/h9-13,16-17H,5-8,14-15H2,1-4H3;1H. The van der Waals surface area contributed by atoms with E-state index in [-0.39, 0.29) is 29.0 Å². The van der Waals surface area contributed by atoms with Gasteiger partial charge in [0.05, 0.1) is 27.5 Å². The Kier molecular flexibility index (Phi) is 10.3. The van der Waals surface area contributed by atoms with Gasteiger partial charge in [-0.25, -0.2) is 13.4 Å². The van der Waals surface area contributed by atoms with Gasteiger partial charge in [0, 0.05) is 18.7 Å². The number of rotatable bonds is 11. The summed E-state index contributed by atoms with van der Waals surface area (Å²) in [7, 11) is -3.41. The lowest BCUT2D eigenvalue weighted by molar-refractivity contribution is 0.0983. The largest absolute Gasteiger partial charge is 0.494 e. The Balaban J connectivity index is 0.00000408. The van der Waals surface area contributed by atoms with Crippen LogP contribution in [0.3, 0.4) is 0 Å². The summed E-state index contributed by atoms with van der Waals surface area (Å²) in [5, 5.41) is 0.583. The van der Waals surface area contributed by atoms with Crippen LogP contribution in [0, 0.1) is 0 Å². The number of sulfone groups is 1. The number of aromatic nitrogens is 1. The molecule has 3 aromatic rings. The average molecular weight is 526 g/mol. The Morgan fingerprint density at radius 1 is 1.03 bits per heavy atom. The minimum atomic E-state index is -3.41. The predicted molar refractivity (Wildman–Crippen MR) is 142 cm³/mol. The molecule has 0 unspecified atom stereocenters. The van der Waals surface area contributed by atoms with Crippen molar-refractivity contribution in [3.8, 4) is 5.75 Å². The van der Waals surface area contributed by atoms with E-state index in [1.165, 1.54) is 23.5 Å². The van der Waals surface area contributed by atoms with Crippen molar-refractivity contribution in [3.63, 3.8) is 0 Å². The lowest BCUT2D eigenvalue weighted by atomic mass is 10.2. The number of ether oxygens (including phenoxy) is 1. The summed E-state index contributed by atoms with van der Waals surface area (Å²) >= 11 is 1.43. The van der Waals surface area contributed by atoms with Crippen LogP contribution in [0.15, 0.2) is 47.4 Å². The average Bonchev–Trinajstić information content (AvgIpc) is 3.25. The van der Waals surface area contributed by atoms with Gasteiger partial charge in [-0.3, -0.25) is 9.69 Å². The summed E-state index contributed by atoms with van der Waals surface area (Å²) in [4.78, 5) is 22.4. The van der Waals surface area contributed by atoms with E-state index in [9.17, 15) is 13.2 Å². The van der Waals surface area contributed by atoms with Crippen molar-refractivity contribution in [1.82, 2.24) is 9.88 Å². The molecule has 0 atom stereocenters. The summed E-state index contributed by atoms with van der Waals surface area (Å²) in [5.41, 5.74) is 1.12. The summed E-state index contributed by atoms with van der Waals surface area (Å²) < 4.78 is 31.2. The second-order valence-corrected chi connectivity index (χ2v) is 10.8. The number of amides is 1. The highest BCUT2D eigenvalue weighted by molar-refractivity contribution is 7.91. The molecule has 0 spiro atoms. The molecular weight excluding hydrogens is 494 g/mol. The van der Waals surface area contributed by atoms with E-state index in [1.54, 1.807) is 24.0 Å². The van der Waals surface area contributed by atoms with E-state index in [0.717, 1.165) is 29.1 Å². The van der Waals surface area contributed by atoms with Gasteiger partial charge in [0.2, 0.25) is 0 Å². The van der Waals surface area contributed by atoms with E-state index < -0.39 is 9.84 Å². The number of benzene rings is 2. The Labute approximate surface area is 212 Å². The highest BCUT2D eigenvalue weighted by Crippen LogP contribution is 2.32. The zero-order chi connectivity index (χ0) is 24.0. The van der Waals surface area contributed by atoms with Crippen molar-refractivity contribution in [2.24, 2.45) is 0 Å². The van der Waals surface area contributed by atoms with Crippen LogP contribution in [0.4, 0.5) is 5.13 Å². The highest BCUT2D eigenvalue weighted by atomic mass is 35.5. The highest BCUT2D eigenvalue weighted by Gasteiger charge is 2.23. The van der Waals surface area contributed by atoms with Crippen molar-refractivity contribution in [2.75, 3.05) is 43.4 Å². The van der Waals surface area contributed by atoms with Gasteiger partial charge in [0.1, 0.15) is 5.75 Å². The van der Waals surface area contributed by atoms with E-state index in [0.29, 0.717) is 30.4 Å². The minimum Gasteiger partial charge on any atom is -0.494 e. The lowest BCUT2D eigenvalue weighted by Gasteiger charge is -2.25. The molecule has 7 nitrogen and oxygen atoms in total. The van der Waals surface area contributed by atoms with Crippen LogP contribution in [0.2, 0.25) is 0 Å². The lowest BCUT2D eigenvalue weighted by Crippen LogP contribution is -2.39. The van der Waals surface area contributed by atoms with Gasteiger partial charge in [-0.1, -0.05) is 38.2 Å². The normalized spacial score (nSPS) is 11.4. The number of thiazole rings is 1. The first-order chi connectivity index (χ1) is 15.8. The van der Waals surface area contributed by atoms with Crippen LogP contribution >= 0.6 is 23.7 Å². The first-order valence-electron chi connectivity index (χ1n) is 11.2. The molecule has 1 heterocycles. The van der Waals surface area contributed by atoms with Gasteiger partial charge in [0.25, 0.3) is 5.91 Å². The minimum absolute atomic E-state index is 0. The molecule has 1 amide bonds. The molecule has 34 heavy (non-hydrogen) atoms. The van der Waals surface area contributed by atoms with E-state index >= 15 is 0 Å². The number of hydrogen-bond acceptors (Lipinski definition) is 7. The molecule has 0 aliphatic heterocycles. The molecule has 0 saturated carbocycles. The first-order valence-corrected chi connectivity index (χ1v) is 13.7. The molecule has 2 aromatic carbocycles. The second-order valence-electron chi connectivity index (χ2n) is 7.47. The predicted octanol–water partition coefficient (Wildman–Crippen LogP) is 4.90. The number of likely N-dealkylation sites (N-methyl/N-ethyl adjacent to an activating group) is 1. The molecule has 3 rings (SSSR count). The van der Waals surface area contributed by atoms with Gasteiger partial charge < -0.3 is 9.64 Å². The summed E-state index contributed by atoms with van der Waals surface area (Å²) in [6, 6.07) is 12.0. The summed E-state index contributed by atoms with van der Waals surface area (Å²) in [6.07, 6.45) is 0. The molecule has 0 N–H and O–H groups in total. The SMILES string of the molecule is CCOc1ccc2nc(N(CCN(CC)CC)C(=O)c3cccc(S(=O)(=O)CC)c3)sc2c1.Cl. The maximum Gasteiger partial charge on any atom is 0.260 e. The van der Waals surface area contributed by atoms with Crippen LogP contribution in [-0.2, 0) is 9.84 Å². The van der Waals surface area contributed by atoms with Crippen molar-refractivity contribution in [3.05, 3.63) is 48.0 Å². The van der Waals surface area contributed by atoms with Gasteiger partial charge in [-0.2, -0.15) is 0 Å². The fraction of sp³-hybridized carbons (Fsp3) is 0.417. The molecular formula is C24H32ClN3O4S2. The molecule has 0 fully saturated rings. The van der Waals surface area contributed by atoms with Gasteiger partial charge in [0.15, 0.2) is 15.0 Å². The fourth-order valence-corrected chi connectivity index (χ4v) is 5.42. The number of nitrogens with zero attached hydrogens (tertiary/aromatic N) is 3. The van der Waals surface area contributed by atoms with Crippen LogP contribution < -0.4 is 9.64 Å². The Bertz CT molecular complexity index is 1210. The quantitative estimate of drug-likeness (QED) is 0.354. The Morgan fingerprint density at radius 3 is 2.41 bits per heavy atom. The third kappa shape index (κ3) is 6.47. The van der Waals surface area contributed by atoms with Crippen LogP contribution in [0.5, 0.6) is 5.75 Å². The molecule has 10 heteroatoms. The van der Waals surface area contributed by atoms with Crippen molar-refractivity contribution < 1.29 is 17.9 Å². The number of hydrogen-bond donors (Lipinski definition) is 0. The third-order valence-corrected chi connectivity index (χ3v) is 8.26. The van der Waals surface area contributed by atoms with E-state index in [2.05, 4.69) is 18.7 Å². The smallest absolute Gasteiger partial charge is 0.260 e. The fourth-order valence-electron chi connectivity index (χ4n) is 3.48. The molecule has 0 bridgehead atoms.